The summed E-state index contributed by atoms with van der Waals surface area (Å²) < 4.78 is 0. The maximum atomic E-state index is 4.28. The van der Waals surface area contributed by atoms with E-state index in [-0.39, 0.29) is 0 Å². The summed E-state index contributed by atoms with van der Waals surface area (Å²) in [5.74, 6) is 0.570. The number of thiazole rings is 1. The van der Waals surface area contributed by atoms with Crippen LogP contribution in [0.4, 0.5) is 0 Å². The van der Waals surface area contributed by atoms with Crippen LogP contribution in [0.3, 0.4) is 0 Å². The van der Waals surface area contributed by atoms with Crippen LogP contribution in [0.2, 0.25) is 0 Å². The predicted molar refractivity (Wildman–Crippen MR) is 68.1 cm³/mol. The molecule has 1 aromatic rings. The molecule has 1 rings (SSSR count). The first-order chi connectivity index (χ1) is 7.09. The van der Waals surface area contributed by atoms with Crippen LogP contribution in [-0.2, 0) is 0 Å². The van der Waals surface area contributed by atoms with Gasteiger partial charge in [0.25, 0.3) is 0 Å². The summed E-state index contributed by atoms with van der Waals surface area (Å²) in [6.07, 6.45) is 4.05. The normalized spacial score (nSPS) is 12.8. The highest BCUT2D eigenvalue weighted by Gasteiger charge is 2.05. The van der Waals surface area contributed by atoms with E-state index >= 15 is 0 Å². The van der Waals surface area contributed by atoms with E-state index in [2.05, 4.69) is 44.1 Å². The maximum Gasteiger partial charge on any atom is 0.115 e. The van der Waals surface area contributed by atoms with Gasteiger partial charge < -0.3 is 5.32 Å². The Morgan fingerprint density at radius 2 is 2.20 bits per heavy atom. The average Bonchev–Trinajstić information content (AvgIpc) is 2.63. The van der Waals surface area contributed by atoms with Crippen LogP contribution in [0, 0.1) is 5.92 Å². The SMILES string of the molecule is CC(C)NC/C(=C/c1nccs1)C(C)C. The fraction of sp³-hybridized carbons (Fsp3) is 0.583. The third-order valence-corrected chi connectivity index (χ3v) is 2.94. The van der Waals surface area contributed by atoms with Crippen molar-refractivity contribution in [1.29, 1.82) is 0 Å². The van der Waals surface area contributed by atoms with Crippen LogP contribution in [0.5, 0.6) is 0 Å². The molecule has 0 aliphatic heterocycles. The lowest BCUT2D eigenvalue weighted by Gasteiger charge is -2.14. The van der Waals surface area contributed by atoms with Crippen molar-refractivity contribution < 1.29 is 0 Å². The second-order valence-corrected chi connectivity index (χ2v) is 5.21. The largest absolute Gasteiger partial charge is 0.311 e. The molecule has 0 unspecified atom stereocenters. The highest BCUT2D eigenvalue weighted by molar-refractivity contribution is 7.10. The highest BCUT2D eigenvalue weighted by Crippen LogP contribution is 2.15. The van der Waals surface area contributed by atoms with Crippen molar-refractivity contribution in [2.24, 2.45) is 5.92 Å². The van der Waals surface area contributed by atoms with Gasteiger partial charge in [0, 0.05) is 24.2 Å². The Morgan fingerprint density at radius 3 is 2.67 bits per heavy atom. The number of hydrogen-bond acceptors (Lipinski definition) is 3. The molecule has 0 aromatic carbocycles. The van der Waals surface area contributed by atoms with Gasteiger partial charge in [-0.15, -0.1) is 11.3 Å². The predicted octanol–water partition coefficient (Wildman–Crippen LogP) is 3.18. The molecule has 0 saturated heterocycles. The van der Waals surface area contributed by atoms with Crippen LogP contribution >= 0.6 is 11.3 Å². The minimum atomic E-state index is 0.531. The van der Waals surface area contributed by atoms with Crippen LogP contribution < -0.4 is 5.32 Å². The molecule has 1 heterocycles. The van der Waals surface area contributed by atoms with Gasteiger partial charge in [0.1, 0.15) is 5.01 Å². The minimum Gasteiger partial charge on any atom is -0.311 e. The van der Waals surface area contributed by atoms with E-state index in [9.17, 15) is 0 Å². The molecule has 15 heavy (non-hydrogen) atoms. The Balaban J connectivity index is 2.65. The monoisotopic (exact) mass is 224 g/mol. The Bertz CT molecular complexity index is 299. The van der Waals surface area contributed by atoms with E-state index in [4.69, 9.17) is 0 Å². The second kappa shape index (κ2) is 6.03. The van der Waals surface area contributed by atoms with E-state index in [0.29, 0.717) is 12.0 Å². The molecule has 0 aliphatic carbocycles. The van der Waals surface area contributed by atoms with Gasteiger partial charge in [0.05, 0.1) is 0 Å². The number of nitrogens with one attached hydrogen (secondary N) is 1. The number of hydrogen-bond donors (Lipinski definition) is 1. The molecule has 0 bridgehead atoms. The van der Waals surface area contributed by atoms with E-state index in [0.717, 1.165) is 11.6 Å². The summed E-state index contributed by atoms with van der Waals surface area (Å²) in [4.78, 5) is 4.28. The van der Waals surface area contributed by atoms with Gasteiger partial charge in [0.15, 0.2) is 0 Å². The molecule has 0 spiro atoms. The molecule has 0 amide bonds. The molecule has 3 heteroatoms. The summed E-state index contributed by atoms with van der Waals surface area (Å²) in [6.45, 7) is 9.74. The molecular weight excluding hydrogens is 204 g/mol. The number of aromatic nitrogens is 1. The Labute approximate surface area is 96.4 Å². The number of rotatable bonds is 5. The first kappa shape index (κ1) is 12.4. The van der Waals surface area contributed by atoms with Crippen molar-refractivity contribution in [3.63, 3.8) is 0 Å². The smallest absolute Gasteiger partial charge is 0.115 e. The minimum absolute atomic E-state index is 0.531. The Kier molecular flexibility index (Phi) is 4.99. The van der Waals surface area contributed by atoms with Crippen molar-refractivity contribution in [3.05, 3.63) is 22.2 Å². The van der Waals surface area contributed by atoms with Gasteiger partial charge in [-0.1, -0.05) is 33.3 Å². The highest BCUT2D eigenvalue weighted by atomic mass is 32.1. The Hall–Kier alpha value is -0.670. The quantitative estimate of drug-likeness (QED) is 0.831. The third-order valence-electron chi connectivity index (χ3n) is 2.22. The number of nitrogens with zero attached hydrogens (tertiary/aromatic N) is 1. The van der Waals surface area contributed by atoms with Crippen molar-refractivity contribution in [3.8, 4) is 0 Å². The van der Waals surface area contributed by atoms with Crippen molar-refractivity contribution in [2.45, 2.75) is 33.7 Å². The van der Waals surface area contributed by atoms with Gasteiger partial charge >= 0.3 is 0 Å². The van der Waals surface area contributed by atoms with E-state index in [1.165, 1.54) is 5.57 Å². The molecule has 0 fully saturated rings. The fourth-order valence-corrected chi connectivity index (χ4v) is 1.81. The van der Waals surface area contributed by atoms with Gasteiger partial charge in [-0.05, 0) is 12.0 Å². The summed E-state index contributed by atoms with van der Waals surface area (Å²) in [6, 6.07) is 0.531. The summed E-state index contributed by atoms with van der Waals surface area (Å²) >= 11 is 1.69. The fourth-order valence-electron chi connectivity index (χ4n) is 1.21. The van der Waals surface area contributed by atoms with Gasteiger partial charge in [-0.2, -0.15) is 0 Å². The first-order valence-corrected chi connectivity index (χ1v) is 6.31. The van der Waals surface area contributed by atoms with Gasteiger partial charge in [-0.3, -0.25) is 0 Å². The zero-order valence-electron chi connectivity index (χ0n) is 9.95. The molecule has 1 aromatic heterocycles. The molecule has 84 valence electrons. The topological polar surface area (TPSA) is 24.9 Å². The molecule has 0 saturated carbocycles. The summed E-state index contributed by atoms with van der Waals surface area (Å²) in [7, 11) is 0. The van der Waals surface area contributed by atoms with Gasteiger partial charge in [0.2, 0.25) is 0 Å². The van der Waals surface area contributed by atoms with Crippen molar-refractivity contribution in [2.75, 3.05) is 6.54 Å². The molecule has 0 atom stereocenters. The Morgan fingerprint density at radius 1 is 1.47 bits per heavy atom. The second-order valence-electron chi connectivity index (χ2n) is 4.28. The third kappa shape index (κ3) is 4.58. The van der Waals surface area contributed by atoms with Crippen molar-refractivity contribution in [1.82, 2.24) is 10.3 Å². The molecule has 0 aliphatic rings. The standard InChI is InChI=1S/C12H20N2S/c1-9(2)11(8-14-10(3)4)7-12-13-5-6-15-12/h5-7,9-10,14H,8H2,1-4H3/b11-7-. The zero-order valence-corrected chi connectivity index (χ0v) is 10.8. The average molecular weight is 224 g/mol. The van der Waals surface area contributed by atoms with Crippen molar-refractivity contribution >= 4 is 17.4 Å². The zero-order chi connectivity index (χ0) is 11.3. The summed E-state index contributed by atoms with van der Waals surface area (Å²) in [5.41, 5.74) is 1.42. The van der Waals surface area contributed by atoms with Crippen LogP contribution in [0.15, 0.2) is 17.2 Å². The lowest BCUT2D eigenvalue weighted by atomic mass is 10.0. The van der Waals surface area contributed by atoms with E-state index in [1.54, 1.807) is 11.3 Å². The first-order valence-electron chi connectivity index (χ1n) is 5.43. The van der Waals surface area contributed by atoms with Gasteiger partial charge in [-0.25, -0.2) is 4.98 Å². The molecule has 0 radical (unpaired) electrons. The van der Waals surface area contributed by atoms with Crippen LogP contribution in [0.25, 0.3) is 6.08 Å². The van der Waals surface area contributed by atoms with E-state index in [1.807, 2.05) is 11.6 Å². The molecule has 2 nitrogen and oxygen atoms in total. The summed E-state index contributed by atoms with van der Waals surface area (Å²) in [5, 5.41) is 6.56. The molecule has 1 N–H and O–H groups in total. The van der Waals surface area contributed by atoms with Crippen LogP contribution in [0.1, 0.15) is 32.7 Å². The van der Waals surface area contributed by atoms with Crippen LogP contribution in [-0.4, -0.2) is 17.6 Å². The lowest BCUT2D eigenvalue weighted by Crippen LogP contribution is -2.26. The van der Waals surface area contributed by atoms with E-state index < -0.39 is 0 Å². The maximum absolute atomic E-state index is 4.28. The lowest BCUT2D eigenvalue weighted by molar-refractivity contribution is 0.593. The molecular formula is C12H20N2S.